The smallest absolute Gasteiger partial charge is 0.186 e. The first-order valence-corrected chi connectivity index (χ1v) is 8.80. The van der Waals surface area contributed by atoms with Gasteiger partial charge in [0.15, 0.2) is 5.78 Å². The van der Waals surface area contributed by atoms with Crippen LogP contribution in [0.1, 0.15) is 55.9 Å². The molecule has 0 radical (unpaired) electrons. The molecule has 0 unspecified atom stereocenters. The number of nitrogens with zero attached hydrogens (tertiary/aromatic N) is 2. The molecule has 1 heterocycles. The van der Waals surface area contributed by atoms with Gasteiger partial charge < -0.3 is 0 Å². The van der Waals surface area contributed by atoms with Crippen molar-refractivity contribution in [2.24, 2.45) is 29.6 Å². The highest BCUT2D eigenvalue weighted by Gasteiger charge is 2.51. The van der Waals surface area contributed by atoms with E-state index in [2.05, 4.69) is 12.0 Å². The van der Waals surface area contributed by atoms with Gasteiger partial charge in [-0.25, -0.2) is 0 Å². The number of carbonyl (C=O) groups excluding carboxylic acids is 1. The van der Waals surface area contributed by atoms with E-state index in [1.165, 1.54) is 32.1 Å². The van der Waals surface area contributed by atoms with Crippen molar-refractivity contribution >= 4 is 17.4 Å². The third-order valence-electron chi connectivity index (χ3n) is 5.99. The minimum absolute atomic E-state index is 0.211. The van der Waals surface area contributed by atoms with Crippen molar-refractivity contribution in [2.75, 3.05) is 0 Å². The normalized spacial score (nSPS) is 37.1. The number of ketones is 1. The van der Waals surface area contributed by atoms with Crippen molar-refractivity contribution in [3.8, 4) is 0 Å². The van der Waals surface area contributed by atoms with Gasteiger partial charge in [-0.2, -0.15) is 5.10 Å². The van der Waals surface area contributed by atoms with E-state index in [0.29, 0.717) is 22.6 Å². The van der Waals surface area contributed by atoms with Gasteiger partial charge in [-0.3, -0.25) is 9.48 Å². The lowest BCUT2D eigenvalue weighted by atomic mass is 9.51. The molecule has 5 rings (SSSR count). The molecule has 1 aromatic rings. The molecule has 0 amide bonds. The Hall–Kier alpha value is -0.830. The summed E-state index contributed by atoms with van der Waals surface area (Å²) in [5, 5.41) is 4.85. The van der Waals surface area contributed by atoms with E-state index >= 15 is 0 Å². The number of Topliss-reactive ketones (excluding diaryl/α,β-unsaturated/α-hetero) is 1. The number of aromatic nitrogens is 2. The Morgan fingerprint density at radius 3 is 2.43 bits per heavy atom. The average Bonchev–Trinajstić information content (AvgIpc) is 2.79. The van der Waals surface area contributed by atoms with E-state index in [-0.39, 0.29) is 11.7 Å². The van der Waals surface area contributed by atoms with Gasteiger partial charge in [0.05, 0.1) is 11.2 Å². The van der Waals surface area contributed by atoms with Crippen LogP contribution in [0.3, 0.4) is 0 Å². The molecular weight excluding hydrogens is 284 g/mol. The highest BCUT2D eigenvalue weighted by molar-refractivity contribution is 6.33. The molecule has 21 heavy (non-hydrogen) atoms. The van der Waals surface area contributed by atoms with Crippen molar-refractivity contribution in [3.05, 3.63) is 16.9 Å². The van der Waals surface area contributed by atoms with Crippen LogP contribution in [-0.2, 0) is 6.54 Å². The number of aryl methyl sites for hydroxylation is 1. The molecule has 0 N–H and O–H groups in total. The molecule has 4 fully saturated rings. The fourth-order valence-corrected chi connectivity index (χ4v) is 5.73. The SMILES string of the molecule is CCCn1ncc(Cl)c1C(=O)C1C2CC3CC(C2)CC1C3. The highest BCUT2D eigenvalue weighted by atomic mass is 35.5. The number of rotatable bonds is 4. The summed E-state index contributed by atoms with van der Waals surface area (Å²) in [5.74, 6) is 3.49. The maximum Gasteiger partial charge on any atom is 0.186 e. The van der Waals surface area contributed by atoms with Gasteiger partial charge >= 0.3 is 0 Å². The van der Waals surface area contributed by atoms with Gasteiger partial charge in [0, 0.05) is 12.5 Å². The third-order valence-corrected chi connectivity index (χ3v) is 6.27. The van der Waals surface area contributed by atoms with Gasteiger partial charge in [-0.1, -0.05) is 18.5 Å². The van der Waals surface area contributed by atoms with Crippen LogP contribution in [0.15, 0.2) is 6.20 Å². The molecule has 4 bridgehead atoms. The summed E-state index contributed by atoms with van der Waals surface area (Å²) < 4.78 is 1.83. The standard InChI is InChI=1S/C17H23ClN2O/c1-2-3-20-16(14(18)9-19-20)17(21)15-12-5-10-4-11(7-12)8-13(15)6-10/h9-13,15H,2-8H2,1H3. The molecule has 3 nitrogen and oxygen atoms in total. The number of halogens is 1. The van der Waals surface area contributed by atoms with E-state index in [1.54, 1.807) is 6.20 Å². The molecule has 0 saturated heterocycles. The summed E-state index contributed by atoms with van der Waals surface area (Å²) in [4.78, 5) is 13.2. The van der Waals surface area contributed by atoms with Gasteiger partial charge in [-0.05, 0) is 62.2 Å². The Morgan fingerprint density at radius 1 is 1.24 bits per heavy atom. The summed E-state index contributed by atoms with van der Waals surface area (Å²) >= 11 is 6.28. The second-order valence-corrected chi connectivity index (χ2v) is 7.79. The molecular formula is C17H23ClN2O. The third kappa shape index (κ3) is 2.16. The van der Waals surface area contributed by atoms with Crippen molar-refractivity contribution in [3.63, 3.8) is 0 Å². The van der Waals surface area contributed by atoms with E-state index in [4.69, 9.17) is 11.6 Å². The Morgan fingerprint density at radius 2 is 1.86 bits per heavy atom. The first-order valence-electron chi connectivity index (χ1n) is 8.42. The highest BCUT2D eigenvalue weighted by Crippen LogP contribution is 2.57. The molecule has 0 aliphatic heterocycles. The molecule has 1 aromatic heterocycles. The Kier molecular flexibility index (Phi) is 3.36. The average molecular weight is 307 g/mol. The van der Waals surface area contributed by atoms with Crippen LogP contribution in [0.5, 0.6) is 0 Å². The van der Waals surface area contributed by atoms with Crippen LogP contribution in [0.4, 0.5) is 0 Å². The van der Waals surface area contributed by atoms with E-state index in [9.17, 15) is 4.79 Å². The molecule has 4 aliphatic carbocycles. The monoisotopic (exact) mass is 306 g/mol. The molecule has 4 saturated carbocycles. The molecule has 114 valence electrons. The van der Waals surface area contributed by atoms with Crippen LogP contribution in [-0.4, -0.2) is 15.6 Å². The quantitative estimate of drug-likeness (QED) is 0.781. The Labute approximate surface area is 131 Å². The summed E-state index contributed by atoms with van der Waals surface area (Å²) in [5.41, 5.74) is 0.677. The predicted molar refractivity (Wildman–Crippen MR) is 82.4 cm³/mol. The zero-order chi connectivity index (χ0) is 14.6. The predicted octanol–water partition coefficient (Wildman–Crippen LogP) is 4.20. The largest absolute Gasteiger partial charge is 0.292 e. The lowest BCUT2D eigenvalue weighted by Crippen LogP contribution is -2.48. The van der Waals surface area contributed by atoms with Gasteiger partial charge in [-0.15, -0.1) is 0 Å². The van der Waals surface area contributed by atoms with Gasteiger partial charge in [0.2, 0.25) is 0 Å². The van der Waals surface area contributed by atoms with Crippen LogP contribution in [0.25, 0.3) is 0 Å². The minimum Gasteiger partial charge on any atom is -0.292 e. The summed E-state index contributed by atoms with van der Waals surface area (Å²) in [7, 11) is 0. The lowest BCUT2D eigenvalue weighted by Gasteiger charge is -2.53. The maximum atomic E-state index is 13.2. The van der Waals surface area contributed by atoms with Crippen LogP contribution >= 0.6 is 11.6 Å². The summed E-state index contributed by atoms with van der Waals surface area (Å²) in [6.45, 7) is 2.88. The maximum absolute atomic E-state index is 13.2. The van der Waals surface area contributed by atoms with Crippen molar-refractivity contribution in [1.82, 2.24) is 9.78 Å². The summed E-state index contributed by atoms with van der Waals surface area (Å²) in [6, 6.07) is 0. The van der Waals surface area contributed by atoms with Crippen LogP contribution in [0.2, 0.25) is 5.02 Å². The topological polar surface area (TPSA) is 34.9 Å². The van der Waals surface area contributed by atoms with Crippen molar-refractivity contribution < 1.29 is 4.79 Å². The molecule has 0 atom stereocenters. The molecule has 0 spiro atoms. The second-order valence-electron chi connectivity index (χ2n) is 7.39. The molecule has 0 aromatic carbocycles. The van der Waals surface area contributed by atoms with Crippen LogP contribution < -0.4 is 0 Å². The van der Waals surface area contributed by atoms with E-state index < -0.39 is 0 Å². The van der Waals surface area contributed by atoms with Gasteiger partial charge in [0.1, 0.15) is 5.69 Å². The van der Waals surface area contributed by atoms with Crippen LogP contribution in [0, 0.1) is 29.6 Å². The molecule has 4 aliphatic rings. The first kappa shape index (κ1) is 13.8. The summed E-state index contributed by atoms with van der Waals surface area (Å²) in [6.07, 6.45) is 9.10. The Bertz CT molecular complexity index is 537. The fourth-order valence-electron chi connectivity index (χ4n) is 5.50. The first-order chi connectivity index (χ1) is 10.2. The zero-order valence-corrected chi connectivity index (χ0v) is 13.4. The zero-order valence-electron chi connectivity index (χ0n) is 12.6. The number of hydrogen-bond donors (Lipinski definition) is 0. The Balaban J connectivity index is 1.65. The second kappa shape index (κ2) is 5.12. The number of hydrogen-bond acceptors (Lipinski definition) is 2. The number of carbonyl (C=O) groups is 1. The van der Waals surface area contributed by atoms with E-state index in [0.717, 1.165) is 24.8 Å². The van der Waals surface area contributed by atoms with E-state index in [1.807, 2.05) is 4.68 Å². The molecule has 4 heteroatoms. The van der Waals surface area contributed by atoms with Gasteiger partial charge in [0.25, 0.3) is 0 Å². The van der Waals surface area contributed by atoms with Crippen molar-refractivity contribution in [1.29, 1.82) is 0 Å². The fraction of sp³-hybridized carbons (Fsp3) is 0.765. The minimum atomic E-state index is 0.211. The lowest BCUT2D eigenvalue weighted by molar-refractivity contribution is -0.0255. The van der Waals surface area contributed by atoms with Crippen molar-refractivity contribution in [2.45, 2.75) is 52.0 Å².